The van der Waals surface area contributed by atoms with E-state index in [2.05, 4.69) is 5.32 Å². The zero-order valence-corrected chi connectivity index (χ0v) is 13.7. The topological polar surface area (TPSA) is 94.1 Å². The van der Waals surface area contributed by atoms with Crippen molar-refractivity contribution in [2.45, 2.75) is 12.2 Å². The summed E-state index contributed by atoms with van der Waals surface area (Å²) < 4.78 is 15.8. The SMILES string of the molecule is COc1cc(NC(=O)[C@@H]2[C@@H](C(=O)O)[C@H]3C=C[C@H]2O3)c(OC)cc1Cl. The molecule has 2 N–H and O–H groups in total. The minimum Gasteiger partial charge on any atom is -0.495 e. The molecule has 1 aromatic rings. The van der Waals surface area contributed by atoms with E-state index in [4.69, 9.17) is 25.8 Å². The average molecular weight is 354 g/mol. The molecule has 0 spiro atoms. The van der Waals surface area contributed by atoms with E-state index < -0.39 is 35.9 Å². The van der Waals surface area contributed by atoms with Crippen LogP contribution >= 0.6 is 11.6 Å². The van der Waals surface area contributed by atoms with Crippen LogP contribution in [0.15, 0.2) is 24.3 Å². The molecule has 0 saturated carbocycles. The second-order valence-corrected chi connectivity index (χ2v) is 5.92. The number of carbonyl (C=O) groups is 2. The molecule has 128 valence electrons. The van der Waals surface area contributed by atoms with Gasteiger partial charge in [0.05, 0.1) is 43.1 Å². The van der Waals surface area contributed by atoms with Crippen molar-refractivity contribution in [2.75, 3.05) is 19.5 Å². The van der Waals surface area contributed by atoms with E-state index in [0.29, 0.717) is 22.2 Å². The Balaban J connectivity index is 1.87. The molecule has 2 aliphatic rings. The van der Waals surface area contributed by atoms with Gasteiger partial charge in [-0.05, 0) is 0 Å². The molecule has 2 aliphatic heterocycles. The van der Waals surface area contributed by atoms with Crippen LogP contribution in [0, 0.1) is 11.8 Å². The predicted octanol–water partition coefficient (Wildman–Crippen LogP) is 1.95. The number of anilines is 1. The van der Waals surface area contributed by atoms with Gasteiger partial charge in [0.15, 0.2) is 0 Å². The quantitative estimate of drug-likeness (QED) is 0.786. The first-order valence-electron chi connectivity index (χ1n) is 7.25. The molecule has 0 aliphatic carbocycles. The number of hydrogen-bond donors (Lipinski definition) is 2. The van der Waals surface area contributed by atoms with E-state index in [1.54, 1.807) is 12.2 Å². The number of aliphatic carboxylic acids is 1. The molecule has 2 bridgehead atoms. The van der Waals surface area contributed by atoms with Crippen molar-refractivity contribution in [2.24, 2.45) is 11.8 Å². The molecule has 1 amide bonds. The van der Waals surface area contributed by atoms with Crippen molar-refractivity contribution < 1.29 is 28.9 Å². The highest BCUT2D eigenvalue weighted by atomic mass is 35.5. The molecule has 1 saturated heterocycles. The Bertz CT molecular complexity index is 719. The molecule has 0 unspecified atom stereocenters. The van der Waals surface area contributed by atoms with Crippen LogP contribution in [0.1, 0.15) is 0 Å². The molecule has 0 radical (unpaired) electrons. The number of amides is 1. The van der Waals surface area contributed by atoms with Gasteiger partial charge in [-0.3, -0.25) is 9.59 Å². The van der Waals surface area contributed by atoms with Crippen LogP contribution in [0.2, 0.25) is 5.02 Å². The Kier molecular flexibility index (Phi) is 4.38. The van der Waals surface area contributed by atoms with Crippen molar-refractivity contribution in [1.29, 1.82) is 0 Å². The van der Waals surface area contributed by atoms with Crippen LogP contribution in [0.4, 0.5) is 5.69 Å². The molecule has 2 heterocycles. The van der Waals surface area contributed by atoms with E-state index in [1.807, 2.05) is 0 Å². The number of hydrogen-bond acceptors (Lipinski definition) is 5. The summed E-state index contributed by atoms with van der Waals surface area (Å²) in [5, 5.41) is 12.4. The minimum atomic E-state index is -1.06. The molecule has 1 fully saturated rings. The number of halogens is 1. The molecular formula is C16H16ClNO6. The summed E-state index contributed by atoms with van der Waals surface area (Å²) in [5.74, 6) is -2.54. The molecule has 7 nitrogen and oxygen atoms in total. The predicted molar refractivity (Wildman–Crippen MR) is 85.6 cm³/mol. The van der Waals surface area contributed by atoms with Crippen LogP contribution in [0.25, 0.3) is 0 Å². The zero-order chi connectivity index (χ0) is 17.4. The highest BCUT2D eigenvalue weighted by Gasteiger charge is 2.53. The van der Waals surface area contributed by atoms with Gasteiger partial charge in [0.25, 0.3) is 0 Å². The van der Waals surface area contributed by atoms with Gasteiger partial charge in [-0.15, -0.1) is 0 Å². The van der Waals surface area contributed by atoms with E-state index >= 15 is 0 Å². The molecule has 8 heteroatoms. The van der Waals surface area contributed by atoms with E-state index in [9.17, 15) is 14.7 Å². The van der Waals surface area contributed by atoms with Crippen molar-refractivity contribution in [3.63, 3.8) is 0 Å². The maximum atomic E-state index is 12.7. The van der Waals surface area contributed by atoms with Gasteiger partial charge in [-0.2, -0.15) is 0 Å². The number of nitrogens with one attached hydrogen (secondary N) is 1. The monoisotopic (exact) mass is 353 g/mol. The summed E-state index contributed by atoms with van der Waals surface area (Å²) in [7, 11) is 2.89. The Morgan fingerprint density at radius 1 is 1.12 bits per heavy atom. The second-order valence-electron chi connectivity index (χ2n) is 5.52. The van der Waals surface area contributed by atoms with Gasteiger partial charge in [0.1, 0.15) is 17.4 Å². The summed E-state index contributed by atoms with van der Waals surface area (Å²) in [6.07, 6.45) is 2.27. The lowest BCUT2D eigenvalue weighted by atomic mass is 9.82. The molecule has 4 atom stereocenters. The van der Waals surface area contributed by atoms with E-state index in [-0.39, 0.29) is 0 Å². The number of carboxylic acids is 1. The lowest BCUT2D eigenvalue weighted by molar-refractivity contribution is -0.145. The highest BCUT2D eigenvalue weighted by molar-refractivity contribution is 6.32. The molecule has 0 aromatic heterocycles. The smallest absolute Gasteiger partial charge is 0.310 e. The number of benzene rings is 1. The van der Waals surface area contributed by atoms with Gasteiger partial charge in [-0.1, -0.05) is 23.8 Å². The minimum absolute atomic E-state index is 0.335. The first-order chi connectivity index (χ1) is 11.5. The van der Waals surface area contributed by atoms with Crippen molar-refractivity contribution in [3.8, 4) is 11.5 Å². The normalized spacial score (nSPS) is 27.1. The maximum absolute atomic E-state index is 12.7. The highest BCUT2D eigenvalue weighted by Crippen LogP contribution is 2.41. The summed E-state index contributed by atoms with van der Waals surface area (Å²) in [6, 6.07) is 3.04. The fourth-order valence-electron chi connectivity index (χ4n) is 3.09. The number of ether oxygens (including phenoxy) is 3. The summed E-state index contributed by atoms with van der Waals surface area (Å²) >= 11 is 6.04. The Labute approximate surface area is 143 Å². The second kappa shape index (κ2) is 6.33. The Morgan fingerprint density at radius 3 is 2.33 bits per heavy atom. The first kappa shape index (κ1) is 16.6. The number of carbonyl (C=O) groups excluding carboxylic acids is 1. The lowest BCUT2D eigenvalue weighted by Gasteiger charge is -2.22. The van der Waals surface area contributed by atoms with Crippen LogP contribution < -0.4 is 14.8 Å². The van der Waals surface area contributed by atoms with E-state index in [0.717, 1.165) is 0 Å². The molecule has 3 rings (SSSR count). The number of rotatable bonds is 5. The average Bonchev–Trinajstić information content (AvgIpc) is 3.16. The first-order valence-corrected chi connectivity index (χ1v) is 7.63. The molecular weight excluding hydrogens is 338 g/mol. The Morgan fingerprint density at radius 2 is 1.75 bits per heavy atom. The van der Waals surface area contributed by atoms with Gasteiger partial charge in [0.2, 0.25) is 5.91 Å². The number of carboxylic acid groups (broad SMARTS) is 1. The molecule has 1 aromatic carbocycles. The van der Waals surface area contributed by atoms with Gasteiger partial charge in [-0.25, -0.2) is 0 Å². The summed E-state index contributed by atoms with van der Waals surface area (Å²) in [6.45, 7) is 0. The standard InChI is InChI=1S/C16H16ClNO6/c1-22-11-6-8(12(23-2)5-7(11)17)18-15(19)13-9-3-4-10(24-9)14(13)16(20)21/h3-6,9-10,13-14H,1-2H3,(H,18,19)(H,20,21)/t9-,10-,13+,14+/m1/s1. The fraction of sp³-hybridized carbons (Fsp3) is 0.375. The molecule has 24 heavy (non-hydrogen) atoms. The Hall–Kier alpha value is -2.25. The third-order valence-corrected chi connectivity index (χ3v) is 4.51. The van der Waals surface area contributed by atoms with Crippen LogP contribution in [0.3, 0.4) is 0 Å². The van der Waals surface area contributed by atoms with Crippen LogP contribution in [-0.4, -0.2) is 43.4 Å². The summed E-state index contributed by atoms with van der Waals surface area (Å²) in [4.78, 5) is 24.1. The third-order valence-electron chi connectivity index (χ3n) is 4.22. The zero-order valence-electron chi connectivity index (χ0n) is 13.0. The van der Waals surface area contributed by atoms with Crippen molar-refractivity contribution in [3.05, 3.63) is 29.3 Å². The summed E-state index contributed by atoms with van der Waals surface area (Å²) in [5.41, 5.74) is 0.347. The number of methoxy groups -OCH3 is 2. The fourth-order valence-corrected chi connectivity index (χ4v) is 3.32. The van der Waals surface area contributed by atoms with Gasteiger partial charge < -0.3 is 24.6 Å². The van der Waals surface area contributed by atoms with Gasteiger partial charge in [0, 0.05) is 12.1 Å². The largest absolute Gasteiger partial charge is 0.495 e. The van der Waals surface area contributed by atoms with Crippen molar-refractivity contribution in [1.82, 2.24) is 0 Å². The van der Waals surface area contributed by atoms with Crippen LogP contribution in [-0.2, 0) is 14.3 Å². The van der Waals surface area contributed by atoms with Gasteiger partial charge >= 0.3 is 5.97 Å². The maximum Gasteiger partial charge on any atom is 0.310 e. The third kappa shape index (κ3) is 2.70. The lowest BCUT2D eigenvalue weighted by Crippen LogP contribution is -2.39. The van der Waals surface area contributed by atoms with Crippen molar-refractivity contribution >= 4 is 29.2 Å². The number of fused-ring (bicyclic) bond motifs is 2. The van der Waals surface area contributed by atoms with Crippen LogP contribution in [0.5, 0.6) is 11.5 Å². The van der Waals surface area contributed by atoms with E-state index in [1.165, 1.54) is 26.4 Å².